The van der Waals surface area contributed by atoms with Crippen molar-refractivity contribution in [2.75, 3.05) is 40.4 Å². The Morgan fingerprint density at radius 1 is 1.04 bits per heavy atom. The van der Waals surface area contributed by atoms with Crippen molar-refractivity contribution in [3.05, 3.63) is 58.6 Å². The maximum Gasteiger partial charge on any atom is 0.257 e. The van der Waals surface area contributed by atoms with Gasteiger partial charge in [-0.2, -0.15) is 0 Å². The molecule has 5 nitrogen and oxygen atoms in total. The lowest BCUT2D eigenvalue weighted by atomic mass is 10.1. The number of hydrogen-bond donors (Lipinski definition) is 0. The molecule has 6 heteroatoms. The van der Waals surface area contributed by atoms with Gasteiger partial charge in [0.25, 0.3) is 5.91 Å². The molecule has 0 aliphatic carbocycles. The Kier molecular flexibility index (Phi) is 6.24. The van der Waals surface area contributed by atoms with Crippen molar-refractivity contribution in [2.24, 2.45) is 0 Å². The number of halogens is 1. The molecule has 1 atom stereocenters. The smallest absolute Gasteiger partial charge is 0.257 e. The number of nitrogens with zero attached hydrogens (tertiary/aromatic N) is 2. The van der Waals surface area contributed by atoms with Gasteiger partial charge in [0, 0.05) is 37.2 Å². The number of hydrogen-bond acceptors (Lipinski definition) is 4. The quantitative estimate of drug-likeness (QED) is 0.779. The van der Waals surface area contributed by atoms with Crippen LogP contribution >= 0.6 is 11.6 Å². The van der Waals surface area contributed by atoms with E-state index in [0.717, 1.165) is 18.8 Å². The average molecular weight is 389 g/mol. The van der Waals surface area contributed by atoms with E-state index in [-0.39, 0.29) is 11.9 Å². The van der Waals surface area contributed by atoms with E-state index in [9.17, 15) is 4.79 Å². The molecule has 1 aliphatic rings. The Bertz CT molecular complexity index is 804. The first-order chi connectivity index (χ1) is 13.0. The third-order valence-corrected chi connectivity index (χ3v) is 5.35. The molecule has 3 rings (SSSR count). The molecular weight excluding hydrogens is 364 g/mol. The summed E-state index contributed by atoms with van der Waals surface area (Å²) in [6.45, 7) is 5.15. The minimum Gasteiger partial charge on any atom is -0.497 e. The van der Waals surface area contributed by atoms with Crippen LogP contribution in [0.1, 0.15) is 28.9 Å². The highest BCUT2D eigenvalue weighted by Gasteiger charge is 2.27. The first-order valence-corrected chi connectivity index (χ1v) is 9.42. The predicted octanol–water partition coefficient (Wildman–Crippen LogP) is 3.88. The van der Waals surface area contributed by atoms with E-state index in [1.807, 2.05) is 17.0 Å². The van der Waals surface area contributed by atoms with Gasteiger partial charge in [-0.1, -0.05) is 23.7 Å². The Morgan fingerprint density at radius 3 is 2.44 bits per heavy atom. The van der Waals surface area contributed by atoms with Crippen molar-refractivity contribution >= 4 is 17.5 Å². The summed E-state index contributed by atoms with van der Waals surface area (Å²) in [6.07, 6.45) is 0. The van der Waals surface area contributed by atoms with Crippen LogP contribution in [-0.4, -0.2) is 56.1 Å². The van der Waals surface area contributed by atoms with E-state index < -0.39 is 0 Å². The van der Waals surface area contributed by atoms with Crippen molar-refractivity contribution in [1.82, 2.24) is 9.80 Å². The third-order valence-electron chi connectivity index (χ3n) is 5.12. The third kappa shape index (κ3) is 4.37. The van der Waals surface area contributed by atoms with Gasteiger partial charge >= 0.3 is 0 Å². The van der Waals surface area contributed by atoms with Crippen LogP contribution in [0.25, 0.3) is 0 Å². The number of rotatable bonds is 5. The molecule has 1 heterocycles. The maximum atomic E-state index is 12.9. The fourth-order valence-corrected chi connectivity index (χ4v) is 3.61. The summed E-state index contributed by atoms with van der Waals surface area (Å²) in [5, 5.41) is 0.532. The Balaban J connectivity index is 1.66. The van der Waals surface area contributed by atoms with Crippen molar-refractivity contribution in [3.8, 4) is 11.5 Å². The van der Waals surface area contributed by atoms with Crippen LogP contribution in [0.15, 0.2) is 42.5 Å². The minimum atomic E-state index is -0.0389. The van der Waals surface area contributed by atoms with Crippen LogP contribution in [0.4, 0.5) is 0 Å². The van der Waals surface area contributed by atoms with Gasteiger partial charge < -0.3 is 14.4 Å². The number of methoxy groups -OCH3 is 2. The summed E-state index contributed by atoms with van der Waals surface area (Å²) in [5.41, 5.74) is 1.73. The number of amides is 1. The molecule has 0 spiro atoms. The molecule has 0 N–H and O–H groups in total. The molecule has 27 heavy (non-hydrogen) atoms. The van der Waals surface area contributed by atoms with Crippen molar-refractivity contribution < 1.29 is 14.3 Å². The van der Waals surface area contributed by atoms with Crippen LogP contribution in [0.3, 0.4) is 0 Å². The first kappa shape index (κ1) is 19.5. The van der Waals surface area contributed by atoms with Crippen LogP contribution in [0, 0.1) is 0 Å². The fraction of sp³-hybridized carbons (Fsp3) is 0.381. The SMILES string of the molecule is COc1cccc(C(C)N2CCN(C(=O)c3cc(Cl)ccc3OC)CC2)c1. The van der Waals surface area contributed by atoms with Crippen LogP contribution in [-0.2, 0) is 0 Å². The number of piperazine rings is 1. The average Bonchev–Trinajstić information content (AvgIpc) is 2.72. The van der Waals surface area contributed by atoms with Crippen molar-refractivity contribution in [3.63, 3.8) is 0 Å². The molecule has 2 aromatic carbocycles. The molecule has 1 fully saturated rings. The predicted molar refractivity (Wildman–Crippen MR) is 107 cm³/mol. The summed E-state index contributed by atoms with van der Waals surface area (Å²) in [7, 11) is 3.24. The fourth-order valence-electron chi connectivity index (χ4n) is 3.44. The summed E-state index contributed by atoms with van der Waals surface area (Å²) in [5.74, 6) is 1.38. The van der Waals surface area contributed by atoms with E-state index in [0.29, 0.717) is 29.4 Å². The van der Waals surface area contributed by atoms with Gasteiger partial charge in [-0.05, 0) is 42.8 Å². The topological polar surface area (TPSA) is 42.0 Å². The van der Waals surface area contributed by atoms with Gasteiger partial charge in [-0.15, -0.1) is 0 Å². The first-order valence-electron chi connectivity index (χ1n) is 9.04. The molecule has 1 saturated heterocycles. The standard InChI is InChI=1S/C21H25ClN2O3/c1-15(16-5-4-6-18(13-16)26-2)23-9-11-24(12-10-23)21(25)19-14-17(22)7-8-20(19)27-3/h4-8,13-15H,9-12H2,1-3H3. The van der Waals surface area contributed by atoms with E-state index >= 15 is 0 Å². The lowest BCUT2D eigenvalue weighted by Gasteiger charge is -2.38. The molecule has 1 aliphatic heterocycles. The Morgan fingerprint density at radius 2 is 1.78 bits per heavy atom. The molecule has 144 valence electrons. The zero-order valence-corrected chi connectivity index (χ0v) is 16.7. The zero-order chi connectivity index (χ0) is 19.4. The second-order valence-corrected chi connectivity index (χ2v) is 7.06. The molecule has 1 unspecified atom stereocenters. The second kappa shape index (κ2) is 8.63. The Hall–Kier alpha value is -2.24. The van der Waals surface area contributed by atoms with E-state index in [4.69, 9.17) is 21.1 Å². The van der Waals surface area contributed by atoms with Gasteiger partial charge in [0.2, 0.25) is 0 Å². The van der Waals surface area contributed by atoms with Gasteiger partial charge in [0.15, 0.2) is 0 Å². The summed E-state index contributed by atoms with van der Waals surface area (Å²) >= 11 is 6.07. The number of benzene rings is 2. The summed E-state index contributed by atoms with van der Waals surface area (Å²) in [6, 6.07) is 13.5. The number of carbonyl (C=O) groups excluding carboxylic acids is 1. The Labute approximate surface area is 165 Å². The molecule has 0 radical (unpaired) electrons. The van der Waals surface area contributed by atoms with E-state index in [1.54, 1.807) is 32.4 Å². The lowest BCUT2D eigenvalue weighted by molar-refractivity contribution is 0.0579. The lowest BCUT2D eigenvalue weighted by Crippen LogP contribution is -2.49. The molecular formula is C21H25ClN2O3. The molecule has 1 amide bonds. The molecule has 0 saturated carbocycles. The highest BCUT2D eigenvalue weighted by atomic mass is 35.5. The van der Waals surface area contributed by atoms with Crippen molar-refractivity contribution in [2.45, 2.75) is 13.0 Å². The molecule has 0 aromatic heterocycles. The van der Waals surface area contributed by atoms with E-state index in [1.165, 1.54) is 5.56 Å². The molecule has 2 aromatic rings. The number of carbonyl (C=O) groups is 1. The second-order valence-electron chi connectivity index (χ2n) is 6.63. The highest BCUT2D eigenvalue weighted by molar-refractivity contribution is 6.31. The van der Waals surface area contributed by atoms with Crippen LogP contribution in [0.5, 0.6) is 11.5 Å². The summed E-state index contributed by atoms with van der Waals surface area (Å²) in [4.78, 5) is 17.2. The minimum absolute atomic E-state index is 0.0389. The van der Waals surface area contributed by atoms with Gasteiger partial charge in [-0.25, -0.2) is 0 Å². The van der Waals surface area contributed by atoms with Gasteiger partial charge in [-0.3, -0.25) is 9.69 Å². The largest absolute Gasteiger partial charge is 0.497 e. The molecule has 0 bridgehead atoms. The number of ether oxygens (including phenoxy) is 2. The van der Waals surface area contributed by atoms with Crippen LogP contribution < -0.4 is 9.47 Å². The summed E-state index contributed by atoms with van der Waals surface area (Å²) < 4.78 is 10.7. The normalized spacial score (nSPS) is 16.1. The van der Waals surface area contributed by atoms with E-state index in [2.05, 4.69) is 24.0 Å². The van der Waals surface area contributed by atoms with Crippen LogP contribution in [0.2, 0.25) is 5.02 Å². The monoisotopic (exact) mass is 388 g/mol. The highest BCUT2D eigenvalue weighted by Crippen LogP contribution is 2.27. The van der Waals surface area contributed by atoms with Gasteiger partial charge in [0.1, 0.15) is 11.5 Å². The van der Waals surface area contributed by atoms with Gasteiger partial charge in [0.05, 0.1) is 19.8 Å². The maximum absolute atomic E-state index is 12.9. The zero-order valence-electron chi connectivity index (χ0n) is 15.9. The van der Waals surface area contributed by atoms with Crippen molar-refractivity contribution in [1.29, 1.82) is 0 Å².